The average Bonchev–Trinajstić information content (AvgIpc) is 2.03. The molecule has 0 saturated carbocycles. The molecule has 60 valence electrons. The minimum atomic E-state index is -0.912. The lowest BCUT2D eigenvalue weighted by Gasteiger charge is -1.97. The fourth-order valence-electron chi connectivity index (χ4n) is 0.722. The Balaban J connectivity index is 2.88. The number of carbonyl (C=O) groups is 1. The maximum Gasteiger partial charge on any atom is 0.409 e. The molecule has 0 bridgehead atoms. The molecule has 0 aliphatic rings. The second-order valence-electron chi connectivity index (χ2n) is 1.98. The molecule has 3 nitrogen and oxygen atoms in total. The monoisotopic (exact) mass is 181 g/mol. The highest BCUT2D eigenvalue weighted by Crippen LogP contribution is 2.13. The molecule has 0 unspecified atom stereocenters. The molecule has 0 radical (unpaired) electrons. The van der Waals surface area contributed by atoms with Gasteiger partial charge in [0.05, 0.1) is 11.6 Å². The number of nitrogens with zero attached hydrogens (tertiary/aromatic N) is 1. The van der Waals surface area contributed by atoms with Gasteiger partial charge in [-0.25, -0.2) is 4.79 Å². The third-order valence-corrected chi connectivity index (χ3v) is 1.24. The van der Waals surface area contributed by atoms with Crippen molar-refractivity contribution in [2.24, 2.45) is 0 Å². The summed E-state index contributed by atoms with van der Waals surface area (Å²) in [4.78, 5) is 10.3. The molecule has 1 rings (SSSR count). The van der Waals surface area contributed by atoms with E-state index in [1.54, 1.807) is 18.2 Å². The Labute approximate surface area is 74.1 Å². The summed E-state index contributed by atoms with van der Waals surface area (Å²) in [6, 6.07) is 8.09. The van der Waals surface area contributed by atoms with Crippen molar-refractivity contribution < 1.29 is 9.53 Å². The van der Waals surface area contributed by atoms with Crippen LogP contribution in [0.1, 0.15) is 5.56 Å². The topological polar surface area (TPSA) is 50.1 Å². The zero-order valence-corrected chi connectivity index (χ0v) is 6.71. The molecule has 0 amide bonds. The summed E-state index contributed by atoms with van der Waals surface area (Å²) in [7, 11) is 0. The van der Waals surface area contributed by atoms with Crippen LogP contribution in [0.3, 0.4) is 0 Å². The first-order chi connectivity index (χ1) is 5.72. The Morgan fingerprint density at radius 1 is 1.58 bits per heavy atom. The second kappa shape index (κ2) is 3.74. The van der Waals surface area contributed by atoms with Gasteiger partial charge >= 0.3 is 5.43 Å². The van der Waals surface area contributed by atoms with Gasteiger partial charge in [0.15, 0.2) is 0 Å². The predicted molar refractivity (Wildman–Crippen MR) is 43.0 cm³/mol. The van der Waals surface area contributed by atoms with Gasteiger partial charge in [0.25, 0.3) is 0 Å². The highest BCUT2D eigenvalue weighted by Gasteiger charge is 1.99. The van der Waals surface area contributed by atoms with Crippen LogP contribution >= 0.6 is 11.6 Å². The molecule has 1 aromatic carbocycles. The van der Waals surface area contributed by atoms with Crippen molar-refractivity contribution in [3.05, 3.63) is 29.8 Å². The van der Waals surface area contributed by atoms with Crippen LogP contribution in [-0.2, 0) is 0 Å². The minimum absolute atomic E-state index is 0.272. The average molecular weight is 182 g/mol. The van der Waals surface area contributed by atoms with Gasteiger partial charge in [-0.05, 0) is 18.2 Å². The van der Waals surface area contributed by atoms with Gasteiger partial charge in [0.1, 0.15) is 5.75 Å². The molecule has 0 spiro atoms. The molecule has 12 heavy (non-hydrogen) atoms. The van der Waals surface area contributed by atoms with E-state index in [4.69, 9.17) is 16.9 Å². The van der Waals surface area contributed by atoms with Gasteiger partial charge in [-0.2, -0.15) is 5.26 Å². The van der Waals surface area contributed by atoms with Crippen molar-refractivity contribution in [1.29, 1.82) is 5.26 Å². The van der Waals surface area contributed by atoms with Crippen LogP contribution in [0.15, 0.2) is 24.3 Å². The highest BCUT2D eigenvalue weighted by molar-refractivity contribution is 6.61. The molecule has 1 aromatic rings. The van der Waals surface area contributed by atoms with Gasteiger partial charge in [-0.3, -0.25) is 0 Å². The van der Waals surface area contributed by atoms with E-state index in [-0.39, 0.29) is 5.75 Å². The van der Waals surface area contributed by atoms with Gasteiger partial charge < -0.3 is 4.74 Å². The summed E-state index contributed by atoms with van der Waals surface area (Å²) in [6.45, 7) is 0. The SMILES string of the molecule is N#Cc1cccc(OC(=O)Cl)c1. The number of hydrogen-bond donors (Lipinski definition) is 0. The van der Waals surface area contributed by atoms with E-state index in [0.717, 1.165) is 0 Å². The molecule has 0 aliphatic carbocycles. The highest BCUT2D eigenvalue weighted by atomic mass is 35.5. The summed E-state index contributed by atoms with van der Waals surface area (Å²) in [5.74, 6) is 0.272. The van der Waals surface area contributed by atoms with E-state index < -0.39 is 5.43 Å². The first-order valence-electron chi connectivity index (χ1n) is 3.10. The van der Waals surface area contributed by atoms with Crippen molar-refractivity contribution in [2.75, 3.05) is 0 Å². The molecular weight excluding hydrogens is 178 g/mol. The van der Waals surface area contributed by atoms with Crippen molar-refractivity contribution in [2.45, 2.75) is 0 Å². The largest absolute Gasteiger partial charge is 0.414 e. The molecular formula is C8H4ClNO2. The van der Waals surface area contributed by atoms with Crippen LogP contribution < -0.4 is 4.74 Å². The summed E-state index contributed by atoms with van der Waals surface area (Å²) in [6.07, 6.45) is 0. The smallest absolute Gasteiger partial charge is 0.409 e. The maximum atomic E-state index is 10.3. The fourth-order valence-corrected chi connectivity index (χ4v) is 0.811. The number of rotatable bonds is 1. The van der Waals surface area contributed by atoms with Crippen molar-refractivity contribution >= 4 is 17.0 Å². The van der Waals surface area contributed by atoms with Gasteiger partial charge in [-0.1, -0.05) is 6.07 Å². The number of carbonyl (C=O) groups excluding carboxylic acids is 1. The number of halogens is 1. The van der Waals surface area contributed by atoms with E-state index in [1.165, 1.54) is 6.07 Å². The Morgan fingerprint density at radius 3 is 2.92 bits per heavy atom. The first-order valence-corrected chi connectivity index (χ1v) is 3.47. The molecule has 0 saturated heterocycles. The number of nitriles is 1. The van der Waals surface area contributed by atoms with Crippen molar-refractivity contribution in [3.8, 4) is 11.8 Å². The molecule has 0 aliphatic heterocycles. The third-order valence-electron chi connectivity index (χ3n) is 1.16. The van der Waals surface area contributed by atoms with E-state index >= 15 is 0 Å². The summed E-state index contributed by atoms with van der Waals surface area (Å²) >= 11 is 4.96. The van der Waals surface area contributed by atoms with Gasteiger partial charge in [0.2, 0.25) is 0 Å². The Bertz CT molecular complexity index is 343. The third kappa shape index (κ3) is 2.26. The van der Waals surface area contributed by atoms with E-state index in [0.29, 0.717) is 5.56 Å². The number of ether oxygens (including phenoxy) is 1. The zero-order chi connectivity index (χ0) is 8.97. The van der Waals surface area contributed by atoms with Gasteiger partial charge in [0, 0.05) is 11.6 Å². The Hall–Kier alpha value is -1.53. The predicted octanol–water partition coefficient (Wildman–Crippen LogP) is 2.30. The van der Waals surface area contributed by atoms with Crippen molar-refractivity contribution in [3.63, 3.8) is 0 Å². The summed E-state index contributed by atoms with van der Waals surface area (Å²) in [5.41, 5.74) is -0.490. The molecule has 4 heteroatoms. The lowest BCUT2D eigenvalue weighted by atomic mass is 10.2. The summed E-state index contributed by atoms with van der Waals surface area (Å²) in [5, 5.41) is 8.47. The van der Waals surface area contributed by atoms with E-state index in [1.807, 2.05) is 6.07 Å². The van der Waals surface area contributed by atoms with Crippen molar-refractivity contribution in [1.82, 2.24) is 0 Å². The van der Waals surface area contributed by atoms with E-state index in [9.17, 15) is 4.79 Å². The molecule has 0 heterocycles. The molecule has 0 N–H and O–H groups in total. The first kappa shape index (κ1) is 8.57. The van der Waals surface area contributed by atoms with Crippen LogP contribution in [0.4, 0.5) is 4.79 Å². The lowest BCUT2D eigenvalue weighted by Crippen LogP contribution is -1.95. The van der Waals surface area contributed by atoms with Crippen LogP contribution in [0.2, 0.25) is 0 Å². The molecule has 0 aromatic heterocycles. The van der Waals surface area contributed by atoms with E-state index in [2.05, 4.69) is 4.74 Å². The molecule has 0 atom stereocenters. The number of benzene rings is 1. The van der Waals surface area contributed by atoms with Gasteiger partial charge in [-0.15, -0.1) is 0 Å². The Kier molecular flexibility index (Phi) is 2.67. The van der Waals surface area contributed by atoms with Crippen LogP contribution in [0, 0.1) is 11.3 Å². The zero-order valence-electron chi connectivity index (χ0n) is 5.95. The fraction of sp³-hybridized carbons (Fsp3) is 0. The lowest BCUT2D eigenvalue weighted by molar-refractivity contribution is 0.225. The van der Waals surface area contributed by atoms with Crippen LogP contribution in [0.5, 0.6) is 5.75 Å². The minimum Gasteiger partial charge on any atom is -0.414 e. The van der Waals surface area contributed by atoms with Crippen LogP contribution in [-0.4, -0.2) is 5.43 Å². The van der Waals surface area contributed by atoms with Crippen LogP contribution in [0.25, 0.3) is 0 Å². The standard InChI is InChI=1S/C8H4ClNO2/c9-8(11)12-7-3-1-2-6(4-7)5-10/h1-4H. The molecule has 0 fully saturated rings. The number of hydrogen-bond acceptors (Lipinski definition) is 3. The quantitative estimate of drug-likeness (QED) is 0.625. The summed E-state index contributed by atoms with van der Waals surface area (Å²) < 4.78 is 4.53. The maximum absolute atomic E-state index is 10.3. The normalized spacial score (nSPS) is 8.67. The Morgan fingerprint density at radius 2 is 2.33 bits per heavy atom. The second-order valence-corrected chi connectivity index (χ2v) is 2.29.